The largest absolute Gasteiger partial charge is 0.507 e. The third-order valence-corrected chi connectivity index (χ3v) is 2.59. The fraction of sp³-hybridized carbons (Fsp3) is 0.167. The Hall–Kier alpha value is -1.58. The molecule has 0 saturated heterocycles. The Balaban J connectivity index is 2.65. The third-order valence-electron chi connectivity index (χ3n) is 2.59. The predicted molar refractivity (Wildman–Crippen MR) is 59.0 cm³/mol. The molecule has 0 saturated carbocycles. The maximum Gasteiger partial charge on any atom is 0.128 e. The number of phenolic OH excluding ortho intramolecular Hbond substituents is 1. The molecule has 0 aliphatic carbocycles. The topological polar surface area (TPSA) is 52.5 Å². The van der Waals surface area contributed by atoms with Gasteiger partial charge in [0.15, 0.2) is 0 Å². The lowest BCUT2D eigenvalue weighted by molar-refractivity contribution is 0.132. The molecule has 0 heterocycles. The van der Waals surface area contributed by atoms with Crippen molar-refractivity contribution < 1.29 is 10.3 Å². The average Bonchev–Trinajstić information content (AvgIpc) is 2.29. The van der Waals surface area contributed by atoms with Crippen LogP contribution in [0.5, 0.6) is 5.75 Å². The molecule has 0 aromatic heterocycles. The molecule has 1 unspecified atom stereocenters. The number of hydrogen-bond acceptors (Lipinski definition) is 3. The summed E-state index contributed by atoms with van der Waals surface area (Å²) < 4.78 is 0. The molecule has 0 aliphatic rings. The second-order valence-corrected chi connectivity index (χ2v) is 3.58. The molecule has 2 aromatic carbocycles. The van der Waals surface area contributed by atoms with Crippen molar-refractivity contribution in [3.63, 3.8) is 0 Å². The number of aromatic hydroxyl groups is 1. The van der Waals surface area contributed by atoms with Crippen molar-refractivity contribution in [2.24, 2.45) is 0 Å². The number of phenols is 1. The molecule has 2 aromatic rings. The SMILES string of the molecule is CC(NO)c1ccc2ccccc2c1O. The number of nitrogens with one attached hydrogen (secondary N) is 1. The standard InChI is InChI=1S/C12H13NO2/c1-8(13-15)10-7-6-9-4-2-3-5-11(9)12(10)14/h2-8,13-15H,1H3. The molecular weight excluding hydrogens is 190 g/mol. The van der Waals surface area contributed by atoms with Gasteiger partial charge in [0.25, 0.3) is 0 Å². The Morgan fingerprint density at radius 1 is 1.13 bits per heavy atom. The summed E-state index contributed by atoms with van der Waals surface area (Å²) in [6, 6.07) is 11.1. The highest BCUT2D eigenvalue weighted by Crippen LogP contribution is 2.31. The lowest BCUT2D eigenvalue weighted by atomic mass is 10.0. The van der Waals surface area contributed by atoms with E-state index < -0.39 is 0 Å². The molecule has 0 radical (unpaired) electrons. The van der Waals surface area contributed by atoms with E-state index >= 15 is 0 Å². The number of fused-ring (bicyclic) bond motifs is 1. The van der Waals surface area contributed by atoms with Crippen molar-refractivity contribution in [2.45, 2.75) is 13.0 Å². The van der Waals surface area contributed by atoms with Crippen molar-refractivity contribution in [1.82, 2.24) is 5.48 Å². The van der Waals surface area contributed by atoms with Crippen molar-refractivity contribution in [3.05, 3.63) is 42.0 Å². The van der Waals surface area contributed by atoms with Gasteiger partial charge in [0.2, 0.25) is 0 Å². The van der Waals surface area contributed by atoms with Gasteiger partial charge in [-0.1, -0.05) is 36.4 Å². The second-order valence-electron chi connectivity index (χ2n) is 3.58. The predicted octanol–water partition coefficient (Wildman–Crippen LogP) is 2.59. The maximum absolute atomic E-state index is 10.00. The van der Waals surface area contributed by atoms with E-state index in [0.29, 0.717) is 5.56 Å². The molecule has 0 bridgehead atoms. The van der Waals surface area contributed by atoms with Gasteiger partial charge >= 0.3 is 0 Å². The Bertz CT molecular complexity index is 482. The summed E-state index contributed by atoms with van der Waals surface area (Å²) in [7, 11) is 0. The van der Waals surface area contributed by atoms with Gasteiger partial charge in [-0.25, -0.2) is 0 Å². The number of hydroxylamine groups is 1. The van der Waals surface area contributed by atoms with E-state index in [4.69, 9.17) is 5.21 Å². The van der Waals surface area contributed by atoms with Crippen molar-refractivity contribution >= 4 is 10.8 Å². The van der Waals surface area contributed by atoms with Crippen molar-refractivity contribution in [2.75, 3.05) is 0 Å². The van der Waals surface area contributed by atoms with Crippen LogP contribution in [-0.2, 0) is 0 Å². The van der Waals surface area contributed by atoms with E-state index in [1.165, 1.54) is 0 Å². The zero-order valence-corrected chi connectivity index (χ0v) is 8.44. The Labute approximate surface area is 87.9 Å². The van der Waals surface area contributed by atoms with Gasteiger partial charge in [-0.2, -0.15) is 5.48 Å². The Morgan fingerprint density at radius 2 is 1.87 bits per heavy atom. The van der Waals surface area contributed by atoms with Gasteiger partial charge in [0.05, 0.1) is 6.04 Å². The molecule has 78 valence electrons. The average molecular weight is 203 g/mol. The number of benzene rings is 2. The molecule has 0 fully saturated rings. The summed E-state index contributed by atoms with van der Waals surface area (Å²) in [5, 5.41) is 20.6. The van der Waals surface area contributed by atoms with E-state index in [0.717, 1.165) is 10.8 Å². The minimum Gasteiger partial charge on any atom is -0.507 e. The minimum atomic E-state index is -0.283. The van der Waals surface area contributed by atoms with Crippen LogP contribution in [0.15, 0.2) is 36.4 Å². The Kier molecular flexibility index (Phi) is 2.58. The van der Waals surface area contributed by atoms with Gasteiger partial charge in [0, 0.05) is 10.9 Å². The molecule has 3 N–H and O–H groups in total. The summed E-state index contributed by atoms with van der Waals surface area (Å²) in [6.45, 7) is 1.78. The van der Waals surface area contributed by atoms with Gasteiger partial charge < -0.3 is 10.3 Å². The molecule has 0 aliphatic heterocycles. The fourth-order valence-corrected chi connectivity index (χ4v) is 1.69. The first kappa shape index (κ1) is 9.96. The van der Waals surface area contributed by atoms with Crippen molar-refractivity contribution in [3.8, 4) is 5.75 Å². The highest BCUT2D eigenvalue weighted by atomic mass is 16.5. The summed E-state index contributed by atoms with van der Waals surface area (Å²) in [6.07, 6.45) is 0. The van der Waals surface area contributed by atoms with Gasteiger partial charge in [0.1, 0.15) is 5.75 Å². The highest BCUT2D eigenvalue weighted by Gasteiger charge is 2.11. The van der Waals surface area contributed by atoms with Crippen LogP contribution in [0.4, 0.5) is 0 Å². The van der Waals surface area contributed by atoms with Crippen LogP contribution in [0.1, 0.15) is 18.5 Å². The van der Waals surface area contributed by atoms with E-state index in [1.807, 2.05) is 36.4 Å². The quantitative estimate of drug-likeness (QED) is 0.657. The van der Waals surface area contributed by atoms with Crippen LogP contribution >= 0.6 is 0 Å². The van der Waals surface area contributed by atoms with Crippen LogP contribution in [0, 0.1) is 0 Å². The third kappa shape index (κ3) is 1.67. The Morgan fingerprint density at radius 3 is 2.60 bits per heavy atom. The molecule has 3 nitrogen and oxygen atoms in total. The maximum atomic E-state index is 10.00. The zero-order valence-electron chi connectivity index (χ0n) is 8.44. The lowest BCUT2D eigenvalue weighted by Crippen LogP contribution is -2.13. The number of rotatable bonds is 2. The lowest BCUT2D eigenvalue weighted by Gasteiger charge is -2.13. The van der Waals surface area contributed by atoms with E-state index in [-0.39, 0.29) is 11.8 Å². The van der Waals surface area contributed by atoms with Crippen LogP contribution in [0.2, 0.25) is 0 Å². The second kappa shape index (κ2) is 3.88. The van der Waals surface area contributed by atoms with Crippen LogP contribution in [0.25, 0.3) is 10.8 Å². The monoisotopic (exact) mass is 203 g/mol. The molecule has 0 spiro atoms. The number of hydrogen-bond donors (Lipinski definition) is 3. The first-order chi connectivity index (χ1) is 7.24. The molecule has 2 rings (SSSR count). The molecule has 1 atom stereocenters. The van der Waals surface area contributed by atoms with E-state index in [9.17, 15) is 5.11 Å². The first-order valence-corrected chi connectivity index (χ1v) is 4.84. The van der Waals surface area contributed by atoms with Crippen LogP contribution in [0.3, 0.4) is 0 Å². The van der Waals surface area contributed by atoms with Gasteiger partial charge in [-0.15, -0.1) is 0 Å². The van der Waals surface area contributed by atoms with E-state index in [1.54, 1.807) is 6.92 Å². The van der Waals surface area contributed by atoms with Crippen LogP contribution in [-0.4, -0.2) is 10.3 Å². The normalized spacial score (nSPS) is 12.9. The van der Waals surface area contributed by atoms with Crippen molar-refractivity contribution in [1.29, 1.82) is 0 Å². The summed E-state index contributed by atoms with van der Waals surface area (Å²) >= 11 is 0. The molecule has 0 amide bonds. The smallest absolute Gasteiger partial charge is 0.128 e. The first-order valence-electron chi connectivity index (χ1n) is 4.84. The molecule has 3 heteroatoms. The molecular formula is C12H13NO2. The minimum absolute atomic E-state index is 0.224. The summed E-state index contributed by atoms with van der Waals surface area (Å²) in [5.41, 5.74) is 2.82. The zero-order chi connectivity index (χ0) is 10.8. The van der Waals surface area contributed by atoms with Crippen LogP contribution < -0.4 is 5.48 Å². The molecule has 15 heavy (non-hydrogen) atoms. The highest BCUT2D eigenvalue weighted by molar-refractivity contribution is 5.89. The fourth-order valence-electron chi connectivity index (χ4n) is 1.69. The summed E-state index contributed by atoms with van der Waals surface area (Å²) in [4.78, 5) is 0. The van der Waals surface area contributed by atoms with Gasteiger partial charge in [-0.05, 0) is 12.3 Å². The van der Waals surface area contributed by atoms with Gasteiger partial charge in [-0.3, -0.25) is 0 Å². The summed E-state index contributed by atoms with van der Waals surface area (Å²) in [5.74, 6) is 0.224. The van der Waals surface area contributed by atoms with E-state index in [2.05, 4.69) is 5.48 Å².